The predicted octanol–water partition coefficient (Wildman–Crippen LogP) is -0.133. The Bertz CT molecular complexity index is 193. The molecule has 0 radical (unpaired) electrons. The van der Waals surface area contributed by atoms with Crippen molar-refractivity contribution in [3.05, 3.63) is 12.7 Å². The third-order valence-electron chi connectivity index (χ3n) is 2.17. The molecule has 1 aliphatic rings. The van der Waals surface area contributed by atoms with Crippen LogP contribution >= 0.6 is 0 Å². The van der Waals surface area contributed by atoms with E-state index in [1.54, 1.807) is 22.9 Å². The molecule has 2 amide bonds. The van der Waals surface area contributed by atoms with E-state index in [1.165, 1.54) is 0 Å². The van der Waals surface area contributed by atoms with Gasteiger partial charge in [-0.1, -0.05) is 6.08 Å². The van der Waals surface area contributed by atoms with Crippen LogP contribution in [-0.4, -0.2) is 48.6 Å². The fourth-order valence-electron chi connectivity index (χ4n) is 1.38. The molecule has 0 aromatic heterocycles. The molecule has 0 saturated carbocycles. The molecule has 1 rings (SSSR count). The first-order chi connectivity index (χ1) is 5.70. The van der Waals surface area contributed by atoms with Crippen LogP contribution in [0.5, 0.6) is 0 Å². The van der Waals surface area contributed by atoms with Crippen molar-refractivity contribution in [3.8, 4) is 0 Å². The Kier molecular flexibility index (Phi) is 2.70. The maximum Gasteiger partial charge on any atom is 0.320 e. The number of hydrogen-bond donors (Lipinski definition) is 1. The Morgan fingerprint density at radius 1 is 1.83 bits per heavy atom. The fourth-order valence-corrected chi connectivity index (χ4v) is 1.38. The van der Waals surface area contributed by atoms with Crippen LogP contribution < -0.4 is 5.73 Å². The van der Waals surface area contributed by atoms with Gasteiger partial charge in [0.05, 0.1) is 6.04 Å². The third kappa shape index (κ3) is 1.43. The summed E-state index contributed by atoms with van der Waals surface area (Å²) in [5.41, 5.74) is 5.50. The second-order valence-electron chi connectivity index (χ2n) is 2.98. The zero-order chi connectivity index (χ0) is 9.14. The summed E-state index contributed by atoms with van der Waals surface area (Å²) in [7, 11) is 1.78. The van der Waals surface area contributed by atoms with E-state index < -0.39 is 0 Å². The number of hydrogen-bond acceptors (Lipinski definition) is 2. The van der Waals surface area contributed by atoms with Gasteiger partial charge in [-0.2, -0.15) is 0 Å². The summed E-state index contributed by atoms with van der Waals surface area (Å²) < 4.78 is 0. The number of nitrogens with two attached hydrogens (primary N) is 1. The summed E-state index contributed by atoms with van der Waals surface area (Å²) in [6.07, 6.45) is 1.73. The molecule has 2 N–H and O–H groups in total. The van der Waals surface area contributed by atoms with E-state index in [9.17, 15) is 4.79 Å². The molecule has 4 heteroatoms. The Hall–Kier alpha value is -1.03. The van der Waals surface area contributed by atoms with Gasteiger partial charge in [0.25, 0.3) is 0 Å². The molecular formula is C8H15N3O. The summed E-state index contributed by atoms with van der Waals surface area (Å²) in [5, 5.41) is 0. The zero-order valence-electron chi connectivity index (χ0n) is 7.36. The lowest BCUT2D eigenvalue weighted by Crippen LogP contribution is -2.35. The maximum absolute atomic E-state index is 11.4. The van der Waals surface area contributed by atoms with Crippen LogP contribution in [0.1, 0.15) is 0 Å². The lowest BCUT2D eigenvalue weighted by molar-refractivity contribution is 0.199. The highest BCUT2D eigenvalue weighted by Gasteiger charge is 2.32. The first-order valence-corrected chi connectivity index (χ1v) is 4.03. The topological polar surface area (TPSA) is 49.6 Å². The van der Waals surface area contributed by atoms with Gasteiger partial charge in [-0.25, -0.2) is 4.79 Å². The molecular weight excluding hydrogens is 154 g/mol. The number of nitrogens with zero attached hydrogens (tertiary/aromatic N) is 2. The summed E-state index contributed by atoms with van der Waals surface area (Å²) in [5.74, 6) is 0. The molecule has 12 heavy (non-hydrogen) atoms. The molecule has 1 unspecified atom stereocenters. The first-order valence-electron chi connectivity index (χ1n) is 4.03. The van der Waals surface area contributed by atoms with Crippen molar-refractivity contribution in [3.63, 3.8) is 0 Å². The van der Waals surface area contributed by atoms with E-state index in [2.05, 4.69) is 6.58 Å². The van der Waals surface area contributed by atoms with E-state index in [-0.39, 0.29) is 12.1 Å². The molecule has 1 heterocycles. The number of likely N-dealkylation sites (N-methyl/N-ethyl adjacent to an activating group) is 1. The smallest absolute Gasteiger partial charge is 0.320 e. The largest absolute Gasteiger partial charge is 0.328 e. The Labute approximate surface area is 72.6 Å². The van der Waals surface area contributed by atoms with E-state index in [0.29, 0.717) is 13.1 Å². The van der Waals surface area contributed by atoms with Crippen LogP contribution in [0.2, 0.25) is 0 Å². The van der Waals surface area contributed by atoms with Crippen molar-refractivity contribution in [1.82, 2.24) is 9.80 Å². The van der Waals surface area contributed by atoms with Gasteiger partial charge in [0.2, 0.25) is 0 Å². The molecule has 0 bridgehead atoms. The standard InChI is InChI=1S/C8H15N3O/c1-3-4-11-6-7(5-9)10(2)8(11)12/h3,7H,1,4-6,9H2,2H3. The van der Waals surface area contributed by atoms with Crippen LogP contribution in [0, 0.1) is 0 Å². The molecule has 68 valence electrons. The van der Waals surface area contributed by atoms with Gasteiger partial charge >= 0.3 is 6.03 Å². The highest BCUT2D eigenvalue weighted by atomic mass is 16.2. The molecule has 1 saturated heterocycles. The number of carbonyl (C=O) groups is 1. The van der Waals surface area contributed by atoms with Gasteiger partial charge in [-0.05, 0) is 0 Å². The molecule has 0 aromatic rings. The zero-order valence-corrected chi connectivity index (χ0v) is 7.36. The van der Waals surface area contributed by atoms with E-state index in [1.807, 2.05) is 0 Å². The number of carbonyl (C=O) groups excluding carboxylic acids is 1. The number of amides is 2. The molecule has 0 aromatic carbocycles. The lowest BCUT2D eigenvalue weighted by Gasteiger charge is -2.14. The maximum atomic E-state index is 11.4. The highest BCUT2D eigenvalue weighted by Crippen LogP contribution is 2.12. The average Bonchev–Trinajstić information content (AvgIpc) is 2.33. The van der Waals surface area contributed by atoms with Crippen LogP contribution in [0.3, 0.4) is 0 Å². The highest BCUT2D eigenvalue weighted by molar-refractivity contribution is 5.77. The quantitative estimate of drug-likeness (QED) is 0.598. The van der Waals surface area contributed by atoms with Crippen LogP contribution in [0.25, 0.3) is 0 Å². The van der Waals surface area contributed by atoms with Gasteiger partial charge in [0.1, 0.15) is 0 Å². The van der Waals surface area contributed by atoms with Crippen molar-refractivity contribution in [2.24, 2.45) is 5.73 Å². The van der Waals surface area contributed by atoms with Gasteiger partial charge < -0.3 is 15.5 Å². The van der Waals surface area contributed by atoms with Crippen LogP contribution in [0.15, 0.2) is 12.7 Å². The lowest BCUT2D eigenvalue weighted by atomic mass is 10.3. The van der Waals surface area contributed by atoms with Crippen molar-refractivity contribution < 1.29 is 4.79 Å². The minimum absolute atomic E-state index is 0.0466. The predicted molar refractivity (Wildman–Crippen MR) is 47.8 cm³/mol. The molecule has 1 fully saturated rings. The summed E-state index contributed by atoms with van der Waals surface area (Å²) in [6, 6.07) is 0.211. The van der Waals surface area contributed by atoms with Gasteiger partial charge in [-0.3, -0.25) is 0 Å². The second-order valence-corrected chi connectivity index (χ2v) is 2.98. The summed E-state index contributed by atoms with van der Waals surface area (Å²) >= 11 is 0. The van der Waals surface area contributed by atoms with Gasteiger partial charge in [0, 0.05) is 26.7 Å². The van der Waals surface area contributed by atoms with E-state index in [0.717, 1.165) is 6.54 Å². The van der Waals surface area contributed by atoms with Crippen LogP contribution in [-0.2, 0) is 0 Å². The Morgan fingerprint density at radius 2 is 2.50 bits per heavy atom. The normalized spacial score (nSPS) is 23.5. The van der Waals surface area contributed by atoms with Crippen molar-refractivity contribution in [2.75, 3.05) is 26.7 Å². The molecule has 0 spiro atoms. The number of rotatable bonds is 3. The molecule has 1 aliphatic heterocycles. The SMILES string of the molecule is C=CCN1CC(CN)N(C)C1=O. The van der Waals surface area contributed by atoms with E-state index in [4.69, 9.17) is 5.73 Å². The summed E-state index contributed by atoms with van der Waals surface area (Å²) in [4.78, 5) is 14.8. The average molecular weight is 169 g/mol. The van der Waals surface area contributed by atoms with Crippen molar-refractivity contribution in [1.29, 1.82) is 0 Å². The Morgan fingerprint density at radius 3 is 2.92 bits per heavy atom. The third-order valence-corrected chi connectivity index (χ3v) is 2.17. The Balaban J connectivity index is 2.60. The monoisotopic (exact) mass is 169 g/mol. The van der Waals surface area contributed by atoms with Gasteiger partial charge in [0.15, 0.2) is 0 Å². The van der Waals surface area contributed by atoms with Gasteiger partial charge in [-0.15, -0.1) is 6.58 Å². The van der Waals surface area contributed by atoms with Crippen LogP contribution in [0.4, 0.5) is 4.79 Å². The second kappa shape index (κ2) is 3.58. The minimum Gasteiger partial charge on any atom is -0.328 e. The minimum atomic E-state index is 0.0466. The molecule has 0 aliphatic carbocycles. The fraction of sp³-hybridized carbons (Fsp3) is 0.625. The van der Waals surface area contributed by atoms with Crippen molar-refractivity contribution in [2.45, 2.75) is 6.04 Å². The summed E-state index contributed by atoms with van der Waals surface area (Å²) in [6.45, 7) is 5.45. The molecule has 4 nitrogen and oxygen atoms in total. The van der Waals surface area contributed by atoms with E-state index >= 15 is 0 Å². The van der Waals surface area contributed by atoms with Crippen molar-refractivity contribution >= 4 is 6.03 Å². The number of urea groups is 1. The molecule has 1 atom stereocenters. The first kappa shape index (κ1) is 9.06.